The first-order valence-electron chi connectivity index (χ1n) is 4.83. The van der Waals surface area contributed by atoms with Gasteiger partial charge in [0, 0.05) is 12.7 Å². The van der Waals surface area contributed by atoms with E-state index in [4.69, 9.17) is 10.6 Å². The van der Waals surface area contributed by atoms with E-state index in [2.05, 4.69) is 22.3 Å². The Morgan fingerprint density at radius 2 is 2.47 bits per heavy atom. The standard InChI is InChI=1S/C10H16N4O/c1-3-5-13-10(14-11)8-4-6-12-7-9(8)15-2/h4,6-7H,3,5,11H2,1-2H3,(H,13,14). The minimum absolute atomic E-state index is 0.621. The Balaban J connectivity index is 3.00. The number of pyridine rings is 1. The van der Waals surface area contributed by atoms with Gasteiger partial charge in [-0.1, -0.05) is 6.92 Å². The number of amidine groups is 1. The first-order chi connectivity index (χ1) is 7.33. The fourth-order valence-electron chi connectivity index (χ4n) is 1.17. The number of rotatable bonds is 4. The molecule has 15 heavy (non-hydrogen) atoms. The van der Waals surface area contributed by atoms with Crippen LogP contribution in [0.2, 0.25) is 0 Å². The molecule has 0 fully saturated rings. The second kappa shape index (κ2) is 5.98. The molecule has 0 saturated heterocycles. The van der Waals surface area contributed by atoms with E-state index < -0.39 is 0 Å². The Hall–Kier alpha value is -1.62. The number of methoxy groups -OCH3 is 1. The van der Waals surface area contributed by atoms with E-state index in [1.807, 2.05) is 6.07 Å². The summed E-state index contributed by atoms with van der Waals surface area (Å²) in [7, 11) is 1.59. The second-order valence-corrected chi connectivity index (χ2v) is 2.95. The van der Waals surface area contributed by atoms with Crippen LogP contribution in [-0.4, -0.2) is 24.5 Å². The third kappa shape index (κ3) is 2.92. The molecular weight excluding hydrogens is 192 g/mol. The van der Waals surface area contributed by atoms with Crippen molar-refractivity contribution in [3.8, 4) is 5.75 Å². The third-order valence-electron chi connectivity index (χ3n) is 1.89. The van der Waals surface area contributed by atoms with Gasteiger partial charge in [0.25, 0.3) is 0 Å². The number of hydrazine groups is 1. The van der Waals surface area contributed by atoms with E-state index in [0.717, 1.165) is 18.5 Å². The Bertz CT molecular complexity index is 338. The van der Waals surface area contributed by atoms with Crippen LogP contribution < -0.4 is 16.0 Å². The molecule has 0 aliphatic rings. The molecular formula is C10H16N4O. The summed E-state index contributed by atoms with van der Waals surface area (Å²) in [6, 6.07) is 1.81. The van der Waals surface area contributed by atoms with E-state index >= 15 is 0 Å². The Morgan fingerprint density at radius 3 is 3.07 bits per heavy atom. The zero-order valence-corrected chi connectivity index (χ0v) is 9.03. The van der Waals surface area contributed by atoms with E-state index in [-0.39, 0.29) is 0 Å². The van der Waals surface area contributed by atoms with E-state index in [1.54, 1.807) is 19.5 Å². The van der Waals surface area contributed by atoms with Crippen molar-refractivity contribution in [3.05, 3.63) is 24.0 Å². The quantitative estimate of drug-likeness (QED) is 0.331. The molecule has 1 rings (SSSR count). The highest BCUT2D eigenvalue weighted by Crippen LogP contribution is 2.15. The van der Waals surface area contributed by atoms with Gasteiger partial charge in [0.1, 0.15) is 11.6 Å². The van der Waals surface area contributed by atoms with Gasteiger partial charge >= 0.3 is 0 Å². The molecule has 82 valence electrons. The van der Waals surface area contributed by atoms with Gasteiger partial charge in [0.15, 0.2) is 0 Å². The molecule has 0 spiro atoms. The number of nitrogens with one attached hydrogen (secondary N) is 1. The fraction of sp³-hybridized carbons (Fsp3) is 0.400. The number of aromatic nitrogens is 1. The van der Waals surface area contributed by atoms with Crippen molar-refractivity contribution in [3.63, 3.8) is 0 Å². The SMILES string of the molecule is CCCN=C(NN)c1ccncc1OC. The Morgan fingerprint density at radius 1 is 1.67 bits per heavy atom. The minimum atomic E-state index is 0.621. The van der Waals surface area contributed by atoms with Gasteiger partial charge in [0.2, 0.25) is 0 Å². The summed E-state index contributed by atoms with van der Waals surface area (Å²) in [5.74, 6) is 6.69. The average molecular weight is 208 g/mol. The predicted molar refractivity (Wildman–Crippen MR) is 59.8 cm³/mol. The number of hydrogen-bond acceptors (Lipinski definition) is 4. The normalized spacial score (nSPS) is 11.3. The lowest BCUT2D eigenvalue weighted by atomic mass is 10.2. The second-order valence-electron chi connectivity index (χ2n) is 2.95. The van der Waals surface area contributed by atoms with E-state index in [1.165, 1.54) is 0 Å². The summed E-state index contributed by atoms with van der Waals surface area (Å²) in [6.07, 6.45) is 4.28. The van der Waals surface area contributed by atoms with Gasteiger partial charge in [-0.25, -0.2) is 5.84 Å². The zero-order chi connectivity index (χ0) is 11.1. The van der Waals surface area contributed by atoms with Crippen LogP contribution in [0.1, 0.15) is 18.9 Å². The topological polar surface area (TPSA) is 72.5 Å². The average Bonchev–Trinajstić information content (AvgIpc) is 2.30. The molecule has 1 aromatic heterocycles. The predicted octanol–water partition coefficient (Wildman–Crippen LogP) is 0.710. The van der Waals surface area contributed by atoms with Crippen molar-refractivity contribution >= 4 is 5.84 Å². The fourth-order valence-corrected chi connectivity index (χ4v) is 1.17. The molecule has 0 atom stereocenters. The molecule has 0 aliphatic carbocycles. The van der Waals surface area contributed by atoms with Crippen LogP contribution in [0.4, 0.5) is 0 Å². The highest BCUT2D eigenvalue weighted by Gasteiger charge is 2.07. The summed E-state index contributed by atoms with van der Waals surface area (Å²) in [5, 5.41) is 0. The Kier molecular flexibility index (Phi) is 4.56. The molecule has 3 N–H and O–H groups in total. The first kappa shape index (κ1) is 11.5. The summed E-state index contributed by atoms with van der Waals surface area (Å²) >= 11 is 0. The molecule has 1 heterocycles. The number of nitrogens with two attached hydrogens (primary N) is 1. The van der Waals surface area contributed by atoms with Crippen molar-refractivity contribution in [1.29, 1.82) is 0 Å². The monoisotopic (exact) mass is 208 g/mol. The van der Waals surface area contributed by atoms with Crippen LogP contribution >= 0.6 is 0 Å². The lowest BCUT2D eigenvalue weighted by molar-refractivity contribution is 0.411. The highest BCUT2D eigenvalue weighted by molar-refractivity contribution is 6.00. The van der Waals surface area contributed by atoms with Crippen molar-refractivity contribution in [2.45, 2.75) is 13.3 Å². The van der Waals surface area contributed by atoms with Gasteiger partial charge in [-0.2, -0.15) is 0 Å². The highest BCUT2D eigenvalue weighted by atomic mass is 16.5. The zero-order valence-electron chi connectivity index (χ0n) is 9.03. The summed E-state index contributed by atoms with van der Waals surface area (Å²) in [4.78, 5) is 8.28. The van der Waals surface area contributed by atoms with Crippen LogP contribution in [0.15, 0.2) is 23.5 Å². The van der Waals surface area contributed by atoms with Gasteiger partial charge in [-0.3, -0.25) is 9.98 Å². The van der Waals surface area contributed by atoms with Gasteiger partial charge in [-0.15, -0.1) is 0 Å². The van der Waals surface area contributed by atoms with Crippen molar-refractivity contribution in [2.75, 3.05) is 13.7 Å². The molecule has 1 aromatic rings. The molecule has 0 unspecified atom stereocenters. The summed E-state index contributed by atoms with van der Waals surface area (Å²) in [6.45, 7) is 2.78. The molecule has 0 bridgehead atoms. The van der Waals surface area contributed by atoms with Crippen LogP contribution in [0, 0.1) is 0 Å². The van der Waals surface area contributed by atoms with E-state index in [0.29, 0.717) is 11.6 Å². The van der Waals surface area contributed by atoms with Gasteiger partial charge < -0.3 is 10.2 Å². The maximum Gasteiger partial charge on any atom is 0.148 e. The van der Waals surface area contributed by atoms with Crippen molar-refractivity contribution in [1.82, 2.24) is 10.4 Å². The molecule has 0 saturated carbocycles. The molecule has 0 amide bonds. The van der Waals surface area contributed by atoms with Crippen LogP contribution in [0.25, 0.3) is 0 Å². The first-order valence-corrected chi connectivity index (χ1v) is 4.83. The van der Waals surface area contributed by atoms with Crippen LogP contribution in [-0.2, 0) is 0 Å². The minimum Gasteiger partial charge on any atom is -0.494 e. The molecule has 0 radical (unpaired) electrons. The lowest BCUT2D eigenvalue weighted by Crippen LogP contribution is -2.31. The molecule has 0 aromatic carbocycles. The smallest absolute Gasteiger partial charge is 0.148 e. The molecule has 5 nitrogen and oxygen atoms in total. The number of nitrogens with zero attached hydrogens (tertiary/aromatic N) is 2. The Labute approximate surface area is 89.3 Å². The van der Waals surface area contributed by atoms with Crippen molar-refractivity contribution < 1.29 is 4.74 Å². The number of hydrogen-bond donors (Lipinski definition) is 2. The number of ether oxygens (including phenoxy) is 1. The summed E-state index contributed by atoms with van der Waals surface area (Å²) in [5.41, 5.74) is 3.39. The van der Waals surface area contributed by atoms with Gasteiger partial charge in [-0.05, 0) is 12.5 Å². The maximum absolute atomic E-state index is 5.41. The van der Waals surface area contributed by atoms with Crippen molar-refractivity contribution in [2.24, 2.45) is 10.8 Å². The van der Waals surface area contributed by atoms with Gasteiger partial charge in [0.05, 0.1) is 18.9 Å². The molecule has 0 aliphatic heterocycles. The lowest BCUT2D eigenvalue weighted by Gasteiger charge is -2.09. The summed E-state index contributed by atoms with van der Waals surface area (Å²) < 4.78 is 5.17. The largest absolute Gasteiger partial charge is 0.494 e. The van der Waals surface area contributed by atoms with E-state index in [9.17, 15) is 0 Å². The van der Waals surface area contributed by atoms with Crippen LogP contribution in [0.5, 0.6) is 5.75 Å². The maximum atomic E-state index is 5.41. The van der Waals surface area contributed by atoms with Crippen LogP contribution in [0.3, 0.4) is 0 Å². The molecule has 5 heteroatoms. The number of aliphatic imine (C=N–C) groups is 1. The third-order valence-corrected chi connectivity index (χ3v) is 1.89.